The highest BCUT2D eigenvalue weighted by molar-refractivity contribution is 5.38. The first kappa shape index (κ1) is 25.2. The van der Waals surface area contributed by atoms with E-state index in [1.807, 2.05) is 0 Å². The van der Waals surface area contributed by atoms with Crippen LogP contribution >= 0.6 is 0 Å². The van der Waals surface area contributed by atoms with Crippen LogP contribution in [0.3, 0.4) is 0 Å². The fraction of sp³-hybridized carbons (Fsp3) is 0.733. The Morgan fingerprint density at radius 3 is 1.50 bits per heavy atom. The van der Waals surface area contributed by atoms with Gasteiger partial charge in [-0.25, -0.2) is 0 Å². The van der Waals surface area contributed by atoms with Crippen molar-refractivity contribution in [1.29, 1.82) is 0 Å². The highest BCUT2D eigenvalue weighted by Gasteiger charge is 2.68. The summed E-state index contributed by atoms with van der Waals surface area (Å²) in [5.41, 5.74) is 4.44. The molecule has 0 fully saturated rings. The lowest BCUT2D eigenvalue weighted by atomic mass is 9.32. The minimum absolute atomic E-state index is 0.197. The van der Waals surface area contributed by atoms with Gasteiger partial charge in [-0.05, 0) is 79.1 Å². The molecule has 2 atom stereocenters. The molecule has 0 heteroatoms. The molecule has 1 aliphatic rings. The van der Waals surface area contributed by atoms with Crippen molar-refractivity contribution in [3.63, 3.8) is 0 Å². The van der Waals surface area contributed by atoms with Crippen LogP contribution < -0.4 is 0 Å². The Balaban J connectivity index is 3.03. The van der Waals surface area contributed by atoms with Gasteiger partial charge in [0.05, 0.1) is 0 Å². The van der Waals surface area contributed by atoms with Crippen LogP contribution in [0, 0.1) is 21.7 Å². The maximum absolute atomic E-state index is 2.86. The van der Waals surface area contributed by atoms with Crippen molar-refractivity contribution in [2.24, 2.45) is 21.7 Å². The van der Waals surface area contributed by atoms with Gasteiger partial charge in [-0.2, -0.15) is 0 Å². The van der Waals surface area contributed by atoms with Crippen LogP contribution in [0.2, 0.25) is 0 Å². The predicted octanol–water partition coefficient (Wildman–Crippen LogP) is 9.96. The minimum atomic E-state index is 0.197. The Labute approximate surface area is 188 Å². The van der Waals surface area contributed by atoms with E-state index in [0.717, 1.165) is 0 Å². The predicted molar refractivity (Wildman–Crippen MR) is 135 cm³/mol. The average Bonchev–Trinajstić information content (AvgIpc) is 2.82. The summed E-state index contributed by atoms with van der Waals surface area (Å²) < 4.78 is 0. The molecule has 2 rings (SSSR count). The van der Waals surface area contributed by atoms with Crippen LogP contribution in [0.4, 0.5) is 0 Å². The first-order chi connectivity index (χ1) is 14.4. The summed E-state index contributed by atoms with van der Waals surface area (Å²) in [6, 6.07) is 11.4. The topological polar surface area (TPSA) is 0 Å². The number of hydrogen-bond acceptors (Lipinski definition) is 0. The van der Waals surface area contributed by atoms with Crippen molar-refractivity contribution < 1.29 is 0 Å². The number of rotatable bonds is 10. The lowest BCUT2D eigenvalue weighted by molar-refractivity contribution is -0.173. The van der Waals surface area contributed by atoms with E-state index >= 15 is 0 Å². The van der Waals surface area contributed by atoms with Crippen molar-refractivity contribution >= 4 is 0 Å². The van der Waals surface area contributed by atoms with E-state index in [1.165, 1.54) is 56.9 Å². The lowest BCUT2D eigenvalue weighted by Gasteiger charge is -2.71. The summed E-state index contributed by atoms with van der Waals surface area (Å²) in [4.78, 5) is 0. The highest BCUT2D eigenvalue weighted by Crippen LogP contribution is 2.76. The Hall–Kier alpha value is -1.04. The maximum atomic E-state index is 2.86. The Morgan fingerprint density at radius 2 is 1.13 bits per heavy atom. The molecule has 0 amide bonds. The van der Waals surface area contributed by atoms with E-state index in [0.29, 0.717) is 22.2 Å². The van der Waals surface area contributed by atoms with E-state index in [2.05, 4.69) is 98.7 Å². The summed E-state index contributed by atoms with van der Waals surface area (Å²) in [5, 5.41) is 0. The quantitative estimate of drug-likeness (QED) is 0.336. The van der Waals surface area contributed by atoms with Gasteiger partial charge in [0.25, 0.3) is 0 Å². The van der Waals surface area contributed by atoms with Crippen LogP contribution in [-0.2, 0) is 0 Å². The normalized spacial score (nSPS) is 25.6. The summed E-state index contributed by atoms with van der Waals surface area (Å²) in [6.45, 7) is 22.4. The number of allylic oxidation sites excluding steroid dienone is 2. The van der Waals surface area contributed by atoms with Gasteiger partial charge in [-0.3, -0.25) is 0 Å². The van der Waals surface area contributed by atoms with Gasteiger partial charge in [-0.1, -0.05) is 104 Å². The third-order valence-electron chi connectivity index (χ3n) is 10.4. The summed E-state index contributed by atoms with van der Waals surface area (Å²) in [6.07, 6.45) is 12.9. The molecule has 0 aromatic heterocycles. The van der Waals surface area contributed by atoms with Gasteiger partial charge in [0, 0.05) is 5.41 Å². The molecule has 0 N–H and O–H groups in total. The van der Waals surface area contributed by atoms with Crippen molar-refractivity contribution in [3.8, 4) is 0 Å². The molecule has 0 radical (unpaired) electrons. The van der Waals surface area contributed by atoms with Crippen LogP contribution in [0.1, 0.15) is 125 Å². The Bertz CT molecular complexity index is 682. The molecular formula is C30H50. The van der Waals surface area contributed by atoms with E-state index < -0.39 is 0 Å². The zero-order valence-electron chi connectivity index (χ0n) is 21.7. The SMILES string of the molecule is CCC1=CC(CC)(C(C)c2ccccc2)C(CC)(CC)C(CC)(CC)C1(CC)CC. The first-order valence-electron chi connectivity index (χ1n) is 13.1. The molecule has 1 aliphatic carbocycles. The Morgan fingerprint density at radius 1 is 0.633 bits per heavy atom. The van der Waals surface area contributed by atoms with E-state index in [9.17, 15) is 0 Å². The first-order valence-corrected chi connectivity index (χ1v) is 13.1. The van der Waals surface area contributed by atoms with E-state index in [4.69, 9.17) is 0 Å². The molecule has 1 aromatic rings. The molecule has 170 valence electrons. The molecular weight excluding hydrogens is 360 g/mol. The van der Waals surface area contributed by atoms with Crippen LogP contribution in [0.5, 0.6) is 0 Å². The van der Waals surface area contributed by atoms with Crippen LogP contribution in [0.15, 0.2) is 42.0 Å². The third-order valence-corrected chi connectivity index (χ3v) is 10.4. The third kappa shape index (κ3) is 2.99. The molecule has 0 saturated carbocycles. The molecule has 30 heavy (non-hydrogen) atoms. The highest BCUT2D eigenvalue weighted by atomic mass is 14.7. The summed E-state index contributed by atoms with van der Waals surface area (Å²) in [5.74, 6) is 0.523. The zero-order chi connectivity index (χ0) is 22.6. The molecule has 0 bridgehead atoms. The molecule has 0 aliphatic heterocycles. The maximum Gasteiger partial charge on any atom is 0.000978 e. The monoisotopic (exact) mass is 410 g/mol. The molecule has 0 saturated heterocycles. The second-order valence-corrected chi connectivity index (χ2v) is 9.92. The van der Waals surface area contributed by atoms with E-state index in [1.54, 1.807) is 5.57 Å². The fourth-order valence-electron chi connectivity index (χ4n) is 9.13. The number of benzene rings is 1. The van der Waals surface area contributed by atoms with Crippen molar-refractivity contribution in [3.05, 3.63) is 47.5 Å². The molecule has 0 heterocycles. The minimum Gasteiger partial charge on any atom is -0.0774 e. The standard InChI is InChI=1S/C30H50/c1-10-26-23-28(13-4,24(9)25-21-19-18-20-22-25)30(16-7,17-8)29(14-5,15-6)27(26,11-2)12-3/h18-24H,10-17H2,1-9H3. The summed E-state index contributed by atoms with van der Waals surface area (Å²) in [7, 11) is 0. The Kier molecular flexibility index (Phi) is 8.09. The molecule has 1 aromatic carbocycles. The van der Waals surface area contributed by atoms with Crippen molar-refractivity contribution in [2.75, 3.05) is 0 Å². The average molecular weight is 411 g/mol. The lowest BCUT2D eigenvalue weighted by Crippen LogP contribution is -2.64. The van der Waals surface area contributed by atoms with E-state index in [-0.39, 0.29) is 5.41 Å². The van der Waals surface area contributed by atoms with Gasteiger partial charge in [0.15, 0.2) is 0 Å². The van der Waals surface area contributed by atoms with Gasteiger partial charge >= 0.3 is 0 Å². The van der Waals surface area contributed by atoms with Gasteiger partial charge in [0.1, 0.15) is 0 Å². The van der Waals surface area contributed by atoms with Gasteiger partial charge < -0.3 is 0 Å². The number of hydrogen-bond donors (Lipinski definition) is 0. The molecule has 0 spiro atoms. The van der Waals surface area contributed by atoms with Crippen molar-refractivity contribution in [2.45, 2.75) is 120 Å². The largest absolute Gasteiger partial charge is 0.0774 e. The van der Waals surface area contributed by atoms with Crippen molar-refractivity contribution in [1.82, 2.24) is 0 Å². The molecule has 0 nitrogen and oxygen atoms in total. The molecule has 2 unspecified atom stereocenters. The zero-order valence-corrected chi connectivity index (χ0v) is 21.7. The van der Waals surface area contributed by atoms with Gasteiger partial charge in [-0.15, -0.1) is 0 Å². The second-order valence-electron chi connectivity index (χ2n) is 9.92. The fourth-order valence-corrected chi connectivity index (χ4v) is 9.13. The summed E-state index contributed by atoms with van der Waals surface area (Å²) >= 11 is 0. The van der Waals surface area contributed by atoms with Crippen LogP contribution in [-0.4, -0.2) is 0 Å². The smallest absolute Gasteiger partial charge is 0.000978 e. The second kappa shape index (κ2) is 9.62. The van der Waals surface area contributed by atoms with Crippen LogP contribution in [0.25, 0.3) is 0 Å². The van der Waals surface area contributed by atoms with Gasteiger partial charge in [0.2, 0.25) is 0 Å².